The van der Waals surface area contributed by atoms with E-state index in [2.05, 4.69) is 6.58 Å². The van der Waals surface area contributed by atoms with E-state index in [1.807, 2.05) is 0 Å². The molecule has 0 fully saturated rings. The average molecular weight is 175 g/mol. The molecule has 0 aliphatic heterocycles. The van der Waals surface area contributed by atoms with Gasteiger partial charge in [-0.25, -0.2) is 0 Å². The molecule has 1 heterocycles. The Hall–Kier alpha value is -1.90. The van der Waals surface area contributed by atoms with E-state index >= 15 is 0 Å². The van der Waals surface area contributed by atoms with Crippen LogP contribution >= 0.6 is 0 Å². The Balaban J connectivity index is 3.04. The molecule has 3 heteroatoms. The quantitative estimate of drug-likeness (QED) is 0.433. The van der Waals surface area contributed by atoms with Crippen molar-refractivity contribution in [1.29, 1.82) is 5.41 Å². The molecule has 0 amide bonds. The van der Waals surface area contributed by atoms with Crippen LogP contribution in [0.4, 0.5) is 0 Å². The van der Waals surface area contributed by atoms with Gasteiger partial charge in [-0.05, 0) is 12.1 Å². The molecule has 3 nitrogen and oxygen atoms in total. The predicted molar refractivity (Wildman–Crippen MR) is 51.1 cm³/mol. The molecular formula is C10H9NO2. The molecule has 0 atom stereocenters. The van der Waals surface area contributed by atoms with E-state index in [0.29, 0.717) is 17.6 Å². The van der Waals surface area contributed by atoms with E-state index in [1.54, 1.807) is 24.3 Å². The summed E-state index contributed by atoms with van der Waals surface area (Å²) in [5.41, 5.74) is 0.586. The Morgan fingerprint density at radius 2 is 2.31 bits per heavy atom. The third-order valence-corrected chi connectivity index (χ3v) is 1.48. The minimum absolute atomic E-state index is 0.256. The molecular weight excluding hydrogens is 166 g/mol. The number of hydrogen-bond donors (Lipinski definition) is 1. The number of nitrogens with one attached hydrogen (secondary N) is 1. The van der Waals surface area contributed by atoms with Gasteiger partial charge in [-0.3, -0.25) is 4.79 Å². The SMILES string of the molecule is C=C/C=C(\C=N)c1ccc(C=O)o1. The third kappa shape index (κ3) is 2.02. The molecule has 0 radical (unpaired) electrons. The number of carbonyl (C=O) groups excluding carboxylic acids is 1. The van der Waals surface area contributed by atoms with Crippen LogP contribution in [0.15, 0.2) is 35.3 Å². The zero-order valence-electron chi connectivity index (χ0n) is 6.99. The van der Waals surface area contributed by atoms with Crippen LogP contribution < -0.4 is 0 Å². The highest BCUT2D eigenvalue weighted by Gasteiger charge is 2.03. The molecule has 1 rings (SSSR count). The molecule has 0 saturated carbocycles. The second-order valence-corrected chi connectivity index (χ2v) is 2.32. The van der Waals surface area contributed by atoms with Gasteiger partial charge in [0.05, 0.1) is 0 Å². The van der Waals surface area contributed by atoms with Gasteiger partial charge in [-0.1, -0.05) is 18.7 Å². The van der Waals surface area contributed by atoms with E-state index in [0.717, 1.165) is 6.21 Å². The van der Waals surface area contributed by atoms with E-state index < -0.39 is 0 Å². The summed E-state index contributed by atoms with van der Waals surface area (Å²) in [5, 5.41) is 7.08. The number of furan rings is 1. The monoisotopic (exact) mass is 175 g/mol. The van der Waals surface area contributed by atoms with Crippen LogP contribution in [-0.2, 0) is 0 Å². The van der Waals surface area contributed by atoms with E-state index in [4.69, 9.17) is 9.83 Å². The summed E-state index contributed by atoms with van der Waals surface area (Å²) in [5.74, 6) is 0.754. The zero-order valence-corrected chi connectivity index (χ0v) is 6.99. The van der Waals surface area contributed by atoms with Crippen LogP contribution in [0.3, 0.4) is 0 Å². The summed E-state index contributed by atoms with van der Waals surface area (Å²) in [4.78, 5) is 10.3. The highest BCUT2D eigenvalue weighted by atomic mass is 16.3. The van der Waals surface area contributed by atoms with Crippen LogP contribution in [0, 0.1) is 5.41 Å². The second kappa shape index (κ2) is 4.21. The highest BCUT2D eigenvalue weighted by molar-refractivity contribution is 6.07. The summed E-state index contributed by atoms with van der Waals surface area (Å²) >= 11 is 0. The fraction of sp³-hybridized carbons (Fsp3) is 0. The Kier molecular flexibility index (Phi) is 2.97. The predicted octanol–water partition coefficient (Wildman–Crippen LogP) is 2.31. The molecule has 1 aromatic rings. The molecule has 0 spiro atoms. The Morgan fingerprint density at radius 3 is 2.77 bits per heavy atom. The fourth-order valence-electron chi connectivity index (χ4n) is 0.900. The Bertz CT molecular complexity index is 361. The van der Waals surface area contributed by atoms with Gasteiger partial charge in [-0.15, -0.1) is 0 Å². The maximum atomic E-state index is 10.3. The minimum atomic E-state index is 0.256. The number of aldehydes is 1. The molecule has 0 bridgehead atoms. The van der Waals surface area contributed by atoms with Gasteiger partial charge in [0.1, 0.15) is 5.76 Å². The van der Waals surface area contributed by atoms with Gasteiger partial charge in [0.2, 0.25) is 0 Å². The standard InChI is InChI=1S/C10H9NO2/c1-2-3-8(6-11)10-5-4-9(7-12)13-10/h2-7,11H,1H2/b8-3+,11-6?. The second-order valence-electron chi connectivity index (χ2n) is 2.32. The van der Waals surface area contributed by atoms with Gasteiger partial charge < -0.3 is 9.83 Å². The maximum absolute atomic E-state index is 10.3. The summed E-state index contributed by atoms with van der Waals surface area (Å²) in [6.45, 7) is 3.51. The van der Waals surface area contributed by atoms with Gasteiger partial charge in [0.25, 0.3) is 0 Å². The molecule has 1 aromatic heterocycles. The first-order chi connectivity index (χ1) is 6.31. The topological polar surface area (TPSA) is 54.1 Å². The van der Waals surface area contributed by atoms with Gasteiger partial charge in [0, 0.05) is 11.8 Å². The van der Waals surface area contributed by atoms with Crippen molar-refractivity contribution in [3.8, 4) is 0 Å². The number of hydrogen-bond acceptors (Lipinski definition) is 3. The van der Waals surface area contributed by atoms with E-state index in [9.17, 15) is 4.79 Å². The first kappa shape index (κ1) is 9.19. The Labute approximate surface area is 75.9 Å². The highest BCUT2D eigenvalue weighted by Crippen LogP contribution is 2.14. The van der Waals surface area contributed by atoms with Crippen molar-refractivity contribution in [3.63, 3.8) is 0 Å². The van der Waals surface area contributed by atoms with Gasteiger partial charge in [-0.2, -0.15) is 0 Å². The summed E-state index contributed by atoms with van der Waals surface area (Å²) < 4.78 is 5.10. The first-order valence-corrected chi connectivity index (χ1v) is 3.70. The minimum Gasteiger partial charge on any atom is -0.453 e. The average Bonchev–Trinajstić information content (AvgIpc) is 2.62. The smallest absolute Gasteiger partial charge is 0.185 e. The van der Waals surface area contributed by atoms with Crippen LogP contribution in [0.1, 0.15) is 16.3 Å². The summed E-state index contributed by atoms with van der Waals surface area (Å²) in [6.07, 6.45) is 4.97. The lowest BCUT2D eigenvalue weighted by atomic mass is 10.2. The summed E-state index contributed by atoms with van der Waals surface area (Å²) in [6, 6.07) is 3.20. The van der Waals surface area contributed by atoms with E-state index in [-0.39, 0.29) is 5.76 Å². The molecule has 0 aliphatic rings. The zero-order chi connectivity index (χ0) is 9.68. The number of rotatable bonds is 4. The molecule has 66 valence electrons. The van der Waals surface area contributed by atoms with Crippen molar-refractivity contribution >= 4 is 18.1 Å². The molecule has 0 unspecified atom stereocenters. The lowest BCUT2D eigenvalue weighted by molar-refractivity contribution is 0.110. The lowest BCUT2D eigenvalue weighted by Crippen LogP contribution is -1.80. The molecule has 1 N–H and O–H groups in total. The molecule has 13 heavy (non-hydrogen) atoms. The normalized spacial score (nSPS) is 10.9. The first-order valence-electron chi connectivity index (χ1n) is 3.70. The molecule has 0 aromatic carbocycles. The summed E-state index contributed by atoms with van der Waals surface area (Å²) in [7, 11) is 0. The lowest BCUT2D eigenvalue weighted by Gasteiger charge is -1.92. The van der Waals surface area contributed by atoms with Crippen molar-refractivity contribution < 1.29 is 9.21 Å². The largest absolute Gasteiger partial charge is 0.453 e. The maximum Gasteiger partial charge on any atom is 0.185 e. The van der Waals surface area contributed by atoms with E-state index in [1.165, 1.54) is 0 Å². The van der Waals surface area contributed by atoms with Crippen molar-refractivity contribution in [1.82, 2.24) is 0 Å². The number of allylic oxidation sites excluding steroid dienone is 3. The van der Waals surface area contributed by atoms with Crippen LogP contribution in [-0.4, -0.2) is 12.5 Å². The van der Waals surface area contributed by atoms with Crippen LogP contribution in [0.5, 0.6) is 0 Å². The molecule has 0 saturated heterocycles. The van der Waals surface area contributed by atoms with Crippen molar-refractivity contribution in [2.75, 3.05) is 0 Å². The van der Waals surface area contributed by atoms with Crippen molar-refractivity contribution in [2.24, 2.45) is 0 Å². The van der Waals surface area contributed by atoms with Gasteiger partial charge >= 0.3 is 0 Å². The van der Waals surface area contributed by atoms with Crippen molar-refractivity contribution in [3.05, 3.63) is 42.4 Å². The third-order valence-electron chi connectivity index (χ3n) is 1.48. The Morgan fingerprint density at radius 1 is 1.54 bits per heavy atom. The molecule has 0 aliphatic carbocycles. The van der Waals surface area contributed by atoms with Crippen molar-refractivity contribution in [2.45, 2.75) is 0 Å². The van der Waals surface area contributed by atoms with Crippen LogP contribution in [0.2, 0.25) is 0 Å². The van der Waals surface area contributed by atoms with Gasteiger partial charge in [0.15, 0.2) is 12.0 Å². The number of carbonyl (C=O) groups is 1. The van der Waals surface area contributed by atoms with Crippen LogP contribution in [0.25, 0.3) is 5.57 Å². The fourth-order valence-corrected chi connectivity index (χ4v) is 0.900.